The Balaban J connectivity index is 2.25. The predicted molar refractivity (Wildman–Crippen MR) is 77.6 cm³/mol. The minimum absolute atomic E-state index is 0.121. The third-order valence-corrected chi connectivity index (χ3v) is 3.46. The van der Waals surface area contributed by atoms with Crippen molar-refractivity contribution in [1.29, 1.82) is 0 Å². The van der Waals surface area contributed by atoms with Crippen molar-refractivity contribution in [3.8, 4) is 0 Å². The van der Waals surface area contributed by atoms with Gasteiger partial charge < -0.3 is 9.26 Å². The summed E-state index contributed by atoms with van der Waals surface area (Å²) in [5.74, 6) is 0.913. The molecule has 0 bridgehead atoms. The normalized spacial score (nSPS) is 15.1. The van der Waals surface area contributed by atoms with Crippen LogP contribution >= 0.6 is 11.6 Å². The zero-order valence-corrected chi connectivity index (χ0v) is 12.9. The molecule has 0 saturated heterocycles. The number of nitrogens with zero attached hydrogens (tertiary/aromatic N) is 2. The van der Waals surface area contributed by atoms with E-state index in [4.69, 9.17) is 20.9 Å². The fourth-order valence-corrected chi connectivity index (χ4v) is 2.30. The van der Waals surface area contributed by atoms with Crippen LogP contribution in [-0.4, -0.2) is 17.3 Å². The molecular weight excluding hydrogens is 276 g/mol. The van der Waals surface area contributed by atoms with Gasteiger partial charge in [-0.15, -0.1) is 11.6 Å². The number of benzene rings is 1. The molecule has 0 amide bonds. The van der Waals surface area contributed by atoms with Gasteiger partial charge in [0.1, 0.15) is 11.5 Å². The van der Waals surface area contributed by atoms with E-state index in [1.165, 1.54) is 0 Å². The summed E-state index contributed by atoms with van der Waals surface area (Å²) in [5, 5.41) is 3.56. The molecule has 2 aromatic rings. The Labute approximate surface area is 124 Å². The van der Waals surface area contributed by atoms with Gasteiger partial charge in [-0.1, -0.05) is 56.3 Å². The average molecular weight is 295 g/mol. The van der Waals surface area contributed by atoms with E-state index in [0.717, 1.165) is 5.56 Å². The molecule has 2 unspecified atom stereocenters. The molecular formula is C15H19ClN2O2. The minimum Gasteiger partial charge on any atom is -0.373 e. The SMILES string of the molecule is COC(c1noc(C(Cl)c2ccccc2)n1)C(C)(C)C. The van der Waals surface area contributed by atoms with Gasteiger partial charge in [0.15, 0.2) is 0 Å². The summed E-state index contributed by atoms with van der Waals surface area (Å²) in [6.07, 6.45) is -0.236. The fraction of sp³-hybridized carbons (Fsp3) is 0.467. The largest absolute Gasteiger partial charge is 0.373 e. The maximum Gasteiger partial charge on any atom is 0.249 e. The summed E-state index contributed by atoms with van der Waals surface area (Å²) >= 11 is 6.37. The molecule has 0 saturated carbocycles. The number of ether oxygens (including phenoxy) is 1. The Bertz CT molecular complexity index is 549. The smallest absolute Gasteiger partial charge is 0.249 e. The van der Waals surface area contributed by atoms with Gasteiger partial charge in [0, 0.05) is 7.11 Å². The van der Waals surface area contributed by atoms with E-state index in [1.807, 2.05) is 30.3 Å². The first kappa shape index (κ1) is 15.0. The molecule has 0 spiro atoms. The molecule has 1 aromatic carbocycles. The second kappa shape index (κ2) is 5.94. The monoisotopic (exact) mass is 294 g/mol. The van der Waals surface area contributed by atoms with Crippen molar-refractivity contribution >= 4 is 11.6 Å². The van der Waals surface area contributed by atoms with E-state index < -0.39 is 5.38 Å². The molecule has 0 aliphatic carbocycles. The highest BCUT2D eigenvalue weighted by Gasteiger charge is 2.31. The first-order chi connectivity index (χ1) is 9.43. The topological polar surface area (TPSA) is 48.2 Å². The highest BCUT2D eigenvalue weighted by atomic mass is 35.5. The van der Waals surface area contributed by atoms with Crippen LogP contribution in [0, 0.1) is 5.41 Å². The van der Waals surface area contributed by atoms with Gasteiger partial charge in [-0.2, -0.15) is 4.98 Å². The highest BCUT2D eigenvalue weighted by molar-refractivity contribution is 6.22. The number of aromatic nitrogens is 2. The standard InChI is InChI=1S/C15H19ClN2O2/c1-15(2,3)12(19-4)13-17-14(20-18-13)11(16)10-8-6-5-7-9-10/h5-9,11-12H,1-4H3. The molecule has 0 fully saturated rings. The van der Waals surface area contributed by atoms with Crippen molar-refractivity contribution in [2.75, 3.05) is 7.11 Å². The molecule has 5 heteroatoms. The Morgan fingerprint density at radius 1 is 1.20 bits per heavy atom. The Morgan fingerprint density at radius 2 is 1.85 bits per heavy atom. The summed E-state index contributed by atoms with van der Waals surface area (Å²) in [5.41, 5.74) is 0.804. The van der Waals surface area contributed by atoms with E-state index in [1.54, 1.807) is 7.11 Å². The van der Waals surface area contributed by atoms with Crippen LogP contribution in [0.5, 0.6) is 0 Å². The number of methoxy groups -OCH3 is 1. The quantitative estimate of drug-likeness (QED) is 0.796. The van der Waals surface area contributed by atoms with Crippen LogP contribution in [0.15, 0.2) is 34.9 Å². The molecule has 1 aromatic heterocycles. The molecule has 4 nitrogen and oxygen atoms in total. The number of hydrogen-bond donors (Lipinski definition) is 0. The third kappa shape index (κ3) is 3.19. The minimum atomic E-state index is -0.449. The van der Waals surface area contributed by atoms with Crippen LogP contribution in [0.4, 0.5) is 0 Å². The Morgan fingerprint density at radius 3 is 2.40 bits per heavy atom. The van der Waals surface area contributed by atoms with Gasteiger partial charge in [0.2, 0.25) is 11.7 Å². The van der Waals surface area contributed by atoms with Crippen molar-refractivity contribution in [2.45, 2.75) is 32.3 Å². The van der Waals surface area contributed by atoms with Crippen LogP contribution in [0.25, 0.3) is 0 Å². The van der Waals surface area contributed by atoms with Crippen molar-refractivity contribution < 1.29 is 9.26 Å². The van der Waals surface area contributed by atoms with E-state index in [0.29, 0.717) is 11.7 Å². The van der Waals surface area contributed by atoms with Crippen LogP contribution in [0.3, 0.4) is 0 Å². The highest BCUT2D eigenvalue weighted by Crippen LogP contribution is 2.35. The number of hydrogen-bond acceptors (Lipinski definition) is 4. The lowest BCUT2D eigenvalue weighted by Crippen LogP contribution is -2.21. The molecule has 108 valence electrons. The average Bonchev–Trinajstić information content (AvgIpc) is 2.87. The predicted octanol–water partition coefficient (Wildman–Crippen LogP) is 4.13. The van der Waals surface area contributed by atoms with E-state index in [9.17, 15) is 0 Å². The summed E-state index contributed by atoms with van der Waals surface area (Å²) in [7, 11) is 1.64. The van der Waals surface area contributed by atoms with E-state index >= 15 is 0 Å². The van der Waals surface area contributed by atoms with Crippen molar-refractivity contribution in [2.24, 2.45) is 5.41 Å². The van der Waals surface area contributed by atoms with Crippen LogP contribution in [-0.2, 0) is 4.74 Å². The molecule has 2 rings (SSSR count). The number of rotatable bonds is 4. The number of alkyl halides is 1. The second-order valence-corrected chi connectivity index (χ2v) is 6.18. The molecule has 0 radical (unpaired) electrons. The van der Waals surface area contributed by atoms with Crippen LogP contribution in [0.2, 0.25) is 0 Å². The molecule has 1 heterocycles. The van der Waals surface area contributed by atoms with E-state index in [-0.39, 0.29) is 11.5 Å². The maximum absolute atomic E-state index is 6.37. The second-order valence-electron chi connectivity index (χ2n) is 5.75. The zero-order chi connectivity index (χ0) is 14.8. The van der Waals surface area contributed by atoms with Crippen molar-refractivity contribution in [3.05, 3.63) is 47.6 Å². The fourth-order valence-electron chi connectivity index (χ4n) is 2.07. The van der Waals surface area contributed by atoms with Gasteiger partial charge in [-0.05, 0) is 11.0 Å². The lowest BCUT2D eigenvalue weighted by Gasteiger charge is -2.26. The molecule has 20 heavy (non-hydrogen) atoms. The molecule has 0 aliphatic rings. The van der Waals surface area contributed by atoms with Crippen molar-refractivity contribution in [1.82, 2.24) is 10.1 Å². The van der Waals surface area contributed by atoms with Crippen LogP contribution in [0.1, 0.15) is 49.5 Å². The lowest BCUT2D eigenvalue weighted by atomic mass is 9.88. The first-order valence-electron chi connectivity index (χ1n) is 6.49. The number of halogens is 1. The van der Waals surface area contributed by atoms with E-state index in [2.05, 4.69) is 30.9 Å². The van der Waals surface area contributed by atoms with Crippen molar-refractivity contribution in [3.63, 3.8) is 0 Å². The Kier molecular flexibility index (Phi) is 4.45. The molecule has 2 atom stereocenters. The first-order valence-corrected chi connectivity index (χ1v) is 6.92. The van der Waals surface area contributed by atoms with Gasteiger partial charge in [-0.25, -0.2) is 0 Å². The summed E-state index contributed by atoms with van der Waals surface area (Å²) in [6, 6.07) is 9.65. The van der Waals surface area contributed by atoms with Gasteiger partial charge in [0.25, 0.3) is 0 Å². The molecule has 0 N–H and O–H groups in total. The van der Waals surface area contributed by atoms with Gasteiger partial charge in [0.05, 0.1) is 0 Å². The summed E-state index contributed by atoms with van der Waals surface area (Å²) in [4.78, 5) is 4.39. The Hall–Kier alpha value is -1.39. The van der Waals surface area contributed by atoms with Gasteiger partial charge >= 0.3 is 0 Å². The summed E-state index contributed by atoms with van der Waals surface area (Å²) < 4.78 is 10.8. The molecule has 0 aliphatic heterocycles. The van der Waals surface area contributed by atoms with Crippen LogP contribution < -0.4 is 0 Å². The van der Waals surface area contributed by atoms with Gasteiger partial charge in [-0.3, -0.25) is 0 Å². The maximum atomic E-state index is 6.37. The zero-order valence-electron chi connectivity index (χ0n) is 12.1. The lowest BCUT2D eigenvalue weighted by molar-refractivity contribution is 0.00718. The third-order valence-electron chi connectivity index (χ3n) is 3.02. The summed E-state index contributed by atoms with van der Waals surface area (Å²) in [6.45, 7) is 6.19.